The van der Waals surface area contributed by atoms with Crippen molar-refractivity contribution in [1.82, 2.24) is 4.90 Å². The number of aryl methyl sites for hydroxylation is 1. The molecule has 0 atom stereocenters. The molecule has 0 aliphatic heterocycles. The first-order valence-corrected chi connectivity index (χ1v) is 7.43. The minimum absolute atomic E-state index is 0.967. The Morgan fingerprint density at radius 1 is 0.762 bits per heavy atom. The lowest BCUT2D eigenvalue weighted by molar-refractivity contribution is 0.320. The number of hydrogen-bond acceptors (Lipinski definition) is 1. The van der Waals surface area contributed by atoms with Crippen LogP contribution >= 0.6 is 0 Å². The predicted molar refractivity (Wildman–Crippen MR) is 90.3 cm³/mol. The van der Waals surface area contributed by atoms with Crippen LogP contribution < -0.4 is 0 Å². The van der Waals surface area contributed by atoms with Gasteiger partial charge in [0.25, 0.3) is 0 Å². The van der Waals surface area contributed by atoms with Gasteiger partial charge in [0.1, 0.15) is 0 Å². The van der Waals surface area contributed by atoms with Gasteiger partial charge in [0.15, 0.2) is 0 Å². The van der Waals surface area contributed by atoms with Crippen molar-refractivity contribution in [2.45, 2.75) is 20.0 Å². The van der Waals surface area contributed by atoms with E-state index in [9.17, 15) is 0 Å². The standard InChI is InChI=1S/C20H21N/c1-16-10-12-17(13-11-16)14-21(2)15-19-8-5-7-18-6-3-4-9-20(18)19/h3-13H,14-15H2,1-2H3. The molecule has 1 heteroatoms. The summed E-state index contributed by atoms with van der Waals surface area (Å²) in [5.41, 5.74) is 4.07. The zero-order chi connectivity index (χ0) is 14.7. The quantitative estimate of drug-likeness (QED) is 0.662. The van der Waals surface area contributed by atoms with E-state index in [2.05, 4.69) is 85.6 Å². The molecule has 0 bridgehead atoms. The third-order valence-electron chi connectivity index (χ3n) is 3.89. The van der Waals surface area contributed by atoms with Crippen LogP contribution in [0.4, 0.5) is 0 Å². The minimum Gasteiger partial charge on any atom is -0.298 e. The Morgan fingerprint density at radius 2 is 1.48 bits per heavy atom. The molecule has 0 fully saturated rings. The van der Waals surface area contributed by atoms with Crippen LogP contribution in [0, 0.1) is 6.92 Å². The second-order valence-electron chi connectivity index (χ2n) is 5.80. The van der Waals surface area contributed by atoms with Gasteiger partial charge in [0, 0.05) is 13.1 Å². The van der Waals surface area contributed by atoms with Crippen LogP contribution in [0.1, 0.15) is 16.7 Å². The predicted octanol–water partition coefficient (Wildman–Crippen LogP) is 4.78. The summed E-state index contributed by atoms with van der Waals surface area (Å²) in [5.74, 6) is 0. The lowest BCUT2D eigenvalue weighted by Crippen LogP contribution is -2.17. The minimum atomic E-state index is 0.967. The van der Waals surface area contributed by atoms with Crippen molar-refractivity contribution in [2.24, 2.45) is 0 Å². The fourth-order valence-electron chi connectivity index (χ4n) is 2.78. The lowest BCUT2D eigenvalue weighted by Gasteiger charge is -2.18. The monoisotopic (exact) mass is 275 g/mol. The summed E-state index contributed by atoms with van der Waals surface area (Å²) in [5, 5.41) is 2.68. The molecule has 0 aliphatic carbocycles. The Kier molecular flexibility index (Phi) is 4.03. The van der Waals surface area contributed by atoms with E-state index >= 15 is 0 Å². The molecule has 3 aromatic carbocycles. The number of benzene rings is 3. The molecule has 0 saturated carbocycles. The van der Waals surface area contributed by atoms with Crippen molar-refractivity contribution < 1.29 is 0 Å². The van der Waals surface area contributed by atoms with Crippen LogP contribution in [0.5, 0.6) is 0 Å². The van der Waals surface area contributed by atoms with E-state index in [1.165, 1.54) is 27.5 Å². The molecule has 1 nitrogen and oxygen atoms in total. The molecule has 3 rings (SSSR count). The van der Waals surface area contributed by atoms with Gasteiger partial charge in [0.2, 0.25) is 0 Å². The van der Waals surface area contributed by atoms with E-state index < -0.39 is 0 Å². The zero-order valence-electron chi connectivity index (χ0n) is 12.7. The van der Waals surface area contributed by atoms with Crippen LogP contribution in [0.25, 0.3) is 10.8 Å². The lowest BCUT2D eigenvalue weighted by atomic mass is 10.0. The molecule has 0 radical (unpaired) electrons. The van der Waals surface area contributed by atoms with Gasteiger partial charge in [-0.3, -0.25) is 4.90 Å². The van der Waals surface area contributed by atoms with Gasteiger partial charge in [-0.05, 0) is 35.9 Å². The Hall–Kier alpha value is -2.12. The van der Waals surface area contributed by atoms with Gasteiger partial charge in [0.05, 0.1) is 0 Å². The molecule has 0 saturated heterocycles. The molecule has 3 aromatic rings. The molecule has 0 N–H and O–H groups in total. The SMILES string of the molecule is Cc1ccc(CN(C)Cc2cccc3ccccc23)cc1. The van der Waals surface area contributed by atoms with Gasteiger partial charge in [-0.15, -0.1) is 0 Å². The van der Waals surface area contributed by atoms with E-state index in [1.54, 1.807) is 0 Å². The summed E-state index contributed by atoms with van der Waals surface area (Å²) in [7, 11) is 2.18. The fraction of sp³-hybridized carbons (Fsp3) is 0.200. The van der Waals surface area contributed by atoms with Crippen LogP contribution in [-0.4, -0.2) is 11.9 Å². The maximum Gasteiger partial charge on any atom is 0.0240 e. The highest BCUT2D eigenvalue weighted by Crippen LogP contribution is 2.20. The normalized spacial score (nSPS) is 11.2. The summed E-state index contributed by atoms with van der Waals surface area (Å²) in [6.45, 7) is 4.07. The van der Waals surface area contributed by atoms with Crippen molar-refractivity contribution in [3.05, 3.63) is 83.4 Å². The maximum atomic E-state index is 2.37. The third kappa shape index (κ3) is 3.32. The molecule has 0 heterocycles. The first kappa shape index (κ1) is 13.8. The number of hydrogen-bond donors (Lipinski definition) is 0. The molecular weight excluding hydrogens is 254 g/mol. The Balaban J connectivity index is 1.77. The molecular formula is C20H21N. The van der Waals surface area contributed by atoms with Gasteiger partial charge >= 0.3 is 0 Å². The summed E-state index contributed by atoms with van der Waals surface area (Å²) < 4.78 is 0. The summed E-state index contributed by atoms with van der Waals surface area (Å²) in [6, 6.07) is 24.0. The molecule has 0 unspecified atom stereocenters. The van der Waals surface area contributed by atoms with Gasteiger partial charge < -0.3 is 0 Å². The van der Waals surface area contributed by atoms with Crippen LogP contribution in [0.3, 0.4) is 0 Å². The Labute approximate surface area is 126 Å². The molecule has 0 spiro atoms. The van der Waals surface area contributed by atoms with E-state index in [0.29, 0.717) is 0 Å². The average Bonchev–Trinajstić information content (AvgIpc) is 2.50. The number of rotatable bonds is 4. The van der Waals surface area contributed by atoms with Gasteiger partial charge in [-0.1, -0.05) is 72.3 Å². The van der Waals surface area contributed by atoms with Crippen LogP contribution in [-0.2, 0) is 13.1 Å². The Morgan fingerprint density at radius 3 is 2.29 bits per heavy atom. The van der Waals surface area contributed by atoms with Gasteiger partial charge in [-0.25, -0.2) is 0 Å². The topological polar surface area (TPSA) is 3.24 Å². The highest BCUT2D eigenvalue weighted by molar-refractivity contribution is 5.85. The van der Waals surface area contributed by atoms with E-state index in [0.717, 1.165) is 13.1 Å². The number of fused-ring (bicyclic) bond motifs is 1. The second-order valence-corrected chi connectivity index (χ2v) is 5.80. The zero-order valence-corrected chi connectivity index (χ0v) is 12.7. The largest absolute Gasteiger partial charge is 0.298 e. The highest BCUT2D eigenvalue weighted by atomic mass is 15.1. The molecule has 0 amide bonds. The van der Waals surface area contributed by atoms with Gasteiger partial charge in [-0.2, -0.15) is 0 Å². The number of nitrogens with zero attached hydrogens (tertiary/aromatic N) is 1. The Bertz CT molecular complexity index is 723. The molecule has 106 valence electrons. The van der Waals surface area contributed by atoms with Crippen molar-refractivity contribution >= 4 is 10.8 Å². The van der Waals surface area contributed by atoms with E-state index in [4.69, 9.17) is 0 Å². The first-order chi connectivity index (χ1) is 10.2. The molecule has 21 heavy (non-hydrogen) atoms. The second kappa shape index (κ2) is 6.11. The summed E-state index contributed by atoms with van der Waals surface area (Å²) >= 11 is 0. The maximum absolute atomic E-state index is 2.37. The van der Waals surface area contributed by atoms with E-state index in [1.807, 2.05) is 0 Å². The van der Waals surface area contributed by atoms with Crippen LogP contribution in [0.15, 0.2) is 66.7 Å². The summed E-state index contributed by atoms with van der Waals surface area (Å²) in [4.78, 5) is 2.37. The van der Waals surface area contributed by atoms with Crippen molar-refractivity contribution in [3.8, 4) is 0 Å². The van der Waals surface area contributed by atoms with Crippen molar-refractivity contribution in [2.75, 3.05) is 7.05 Å². The van der Waals surface area contributed by atoms with E-state index in [-0.39, 0.29) is 0 Å². The third-order valence-corrected chi connectivity index (χ3v) is 3.89. The molecule has 0 aliphatic rings. The van der Waals surface area contributed by atoms with Crippen LogP contribution in [0.2, 0.25) is 0 Å². The molecule has 0 aromatic heterocycles. The van der Waals surface area contributed by atoms with Crippen molar-refractivity contribution in [1.29, 1.82) is 0 Å². The summed E-state index contributed by atoms with van der Waals surface area (Å²) in [6.07, 6.45) is 0. The smallest absolute Gasteiger partial charge is 0.0240 e. The first-order valence-electron chi connectivity index (χ1n) is 7.43. The van der Waals surface area contributed by atoms with Crippen molar-refractivity contribution in [3.63, 3.8) is 0 Å². The fourth-order valence-corrected chi connectivity index (χ4v) is 2.78. The highest BCUT2D eigenvalue weighted by Gasteiger charge is 2.05. The average molecular weight is 275 g/mol.